The number of carboxylic acids is 1. The minimum atomic E-state index is -4.19. The molecule has 34 heavy (non-hydrogen) atoms. The first-order valence-electron chi connectivity index (χ1n) is 9.54. The summed E-state index contributed by atoms with van der Waals surface area (Å²) >= 11 is 0. The Bertz CT molecular complexity index is 1460. The summed E-state index contributed by atoms with van der Waals surface area (Å²) in [5, 5.41) is 22.3. The van der Waals surface area contributed by atoms with Crippen LogP contribution in [0.5, 0.6) is 17.2 Å². The second kappa shape index (κ2) is 8.82. The molecule has 0 bridgehead atoms. The number of nitrogens with zero attached hydrogens (tertiary/aromatic N) is 2. The molecule has 13 nitrogen and oxygen atoms in total. The number of ether oxygens (including phenoxy) is 3. The van der Waals surface area contributed by atoms with Crippen molar-refractivity contribution < 1.29 is 37.1 Å². The highest BCUT2D eigenvalue weighted by atomic mass is 32.2. The van der Waals surface area contributed by atoms with Crippen LogP contribution in [0.4, 0.5) is 17.3 Å². The van der Waals surface area contributed by atoms with E-state index in [0.29, 0.717) is 16.8 Å². The van der Waals surface area contributed by atoms with Crippen molar-refractivity contribution in [3.63, 3.8) is 0 Å². The van der Waals surface area contributed by atoms with E-state index in [-0.39, 0.29) is 39.3 Å². The Balaban J connectivity index is 1.71. The smallest absolute Gasteiger partial charge is 0.353 e. The van der Waals surface area contributed by atoms with Gasteiger partial charge in [0.05, 0.1) is 32.4 Å². The molecule has 0 saturated carbocycles. The zero-order valence-corrected chi connectivity index (χ0v) is 18.9. The lowest BCUT2D eigenvalue weighted by Crippen LogP contribution is -2.15. The van der Waals surface area contributed by atoms with Crippen LogP contribution in [-0.4, -0.2) is 56.2 Å². The van der Waals surface area contributed by atoms with Crippen molar-refractivity contribution in [3.05, 3.63) is 42.1 Å². The van der Waals surface area contributed by atoms with Crippen molar-refractivity contribution >= 4 is 44.3 Å². The number of sulfonamides is 1. The molecule has 0 spiro atoms. The third kappa shape index (κ3) is 4.13. The highest BCUT2D eigenvalue weighted by Gasteiger charge is 2.27. The number of methoxy groups -OCH3 is 3. The van der Waals surface area contributed by atoms with Crippen LogP contribution < -0.4 is 24.2 Å². The van der Waals surface area contributed by atoms with E-state index in [1.165, 1.54) is 51.7 Å². The van der Waals surface area contributed by atoms with Crippen molar-refractivity contribution in [3.8, 4) is 17.2 Å². The fourth-order valence-corrected chi connectivity index (χ4v) is 4.53. The molecule has 4 N–H and O–H groups in total. The number of carboxylic acid groups (broad SMARTS) is 1. The number of rotatable bonds is 9. The standard InChI is InChI=1S/C20H19N5O8S/c1-30-13-5-4-6-14(31-2)18(13)34(28,29)25-19-10-7-16(32-3)11(8-15(10)33-24-19)21-17-9-12(20(26)27)22-23-17/h4-9H,1-3H3,(H,24,25)(H,26,27)(H2,21,22,23). The lowest BCUT2D eigenvalue weighted by Gasteiger charge is -2.14. The Morgan fingerprint density at radius 2 is 1.74 bits per heavy atom. The molecule has 0 fully saturated rings. The van der Waals surface area contributed by atoms with Gasteiger partial charge in [-0.15, -0.1) is 0 Å². The van der Waals surface area contributed by atoms with Crippen LogP contribution in [-0.2, 0) is 10.0 Å². The van der Waals surface area contributed by atoms with Crippen molar-refractivity contribution in [2.45, 2.75) is 4.90 Å². The van der Waals surface area contributed by atoms with E-state index in [2.05, 4.69) is 25.4 Å². The van der Waals surface area contributed by atoms with Gasteiger partial charge in [0.1, 0.15) is 22.9 Å². The van der Waals surface area contributed by atoms with E-state index in [1.54, 1.807) is 6.07 Å². The molecule has 0 aliphatic heterocycles. The Morgan fingerprint density at radius 3 is 2.32 bits per heavy atom. The summed E-state index contributed by atoms with van der Waals surface area (Å²) in [6, 6.07) is 8.90. The van der Waals surface area contributed by atoms with Gasteiger partial charge in [-0.3, -0.25) is 9.82 Å². The second-order valence-corrected chi connectivity index (χ2v) is 8.39. The van der Waals surface area contributed by atoms with Gasteiger partial charge >= 0.3 is 5.97 Å². The van der Waals surface area contributed by atoms with Gasteiger partial charge in [0.2, 0.25) is 0 Å². The highest BCUT2D eigenvalue weighted by molar-refractivity contribution is 7.93. The summed E-state index contributed by atoms with van der Waals surface area (Å²) in [6.45, 7) is 0. The number of hydrogen-bond acceptors (Lipinski definition) is 10. The number of hydrogen-bond donors (Lipinski definition) is 4. The molecule has 0 aliphatic carbocycles. The van der Waals surface area contributed by atoms with E-state index >= 15 is 0 Å². The fraction of sp³-hybridized carbons (Fsp3) is 0.150. The van der Waals surface area contributed by atoms with Crippen LogP contribution in [0.1, 0.15) is 10.5 Å². The minimum Gasteiger partial charge on any atom is -0.495 e. The molecule has 0 atom stereocenters. The van der Waals surface area contributed by atoms with Crippen molar-refractivity contribution in [2.75, 3.05) is 31.4 Å². The third-order valence-corrected chi connectivity index (χ3v) is 6.15. The molecule has 2 heterocycles. The molecule has 2 aromatic heterocycles. The Labute approximate surface area is 192 Å². The van der Waals surface area contributed by atoms with Gasteiger partial charge in [-0.2, -0.15) is 5.10 Å². The number of aromatic amines is 1. The molecule has 0 unspecified atom stereocenters. The topological polar surface area (TPSA) is 178 Å². The van der Waals surface area contributed by atoms with Crippen LogP contribution in [0, 0.1) is 0 Å². The largest absolute Gasteiger partial charge is 0.495 e. The number of anilines is 3. The normalized spacial score (nSPS) is 11.3. The molecule has 2 aromatic carbocycles. The molecule has 4 rings (SSSR count). The monoisotopic (exact) mass is 489 g/mol. The van der Waals surface area contributed by atoms with Crippen LogP contribution in [0.2, 0.25) is 0 Å². The lowest BCUT2D eigenvalue weighted by atomic mass is 10.2. The molecule has 178 valence electrons. The zero-order chi connectivity index (χ0) is 24.5. The zero-order valence-electron chi connectivity index (χ0n) is 18.1. The van der Waals surface area contributed by atoms with Crippen LogP contribution in [0.3, 0.4) is 0 Å². The predicted molar refractivity (Wildman–Crippen MR) is 120 cm³/mol. The maximum absolute atomic E-state index is 13.2. The summed E-state index contributed by atoms with van der Waals surface area (Å²) in [4.78, 5) is 10.8. The van der Waals surface area contributed by atoms with Gasteiger partial charge in [-0.25, -0.2) is 13.2 Å². The molecule has 0 saturated heterocycles. The van der Waals surface area contributed by atoms with E-state index in [9.17, 15) is 13.2 Å². The van der Waals surface area contributed by atoms with Gasteiger partial charge in [0, 0.05) is 12.1 Å². The van der Waals surface area contributed by atoms with Crippen molar-refractivity contribution in [2.24, 2.45) is 0 Å². The Morgan fingerprint density at radius 1 is 1.06 bits per heavy atom. The average molecular weight is 489 g/mol. The molecule has 4 aromatic rings. The van der Waals surface area contributed by atoms with Crippen LogP contribution in [0.15, 0.2) is 45.8 Å². The summed E-state index contributed by atoms with van der Waals surface area (Å²) in [5.74, 6) is -0.556. The lowest BCUT2D eigenvalue weighted by molar-refractivity contribution is 0.0690. The predicted octanol–water partition coefficient (Wildman–Crippen LogP) is 2.82. The molecule has 0 amide bonds. The fourth-order valence-electron chi connectivity index (χ4n) is 3.20. The maximum Gasteiger partial charge on any atom is 0.353 e. The Hall–Kier alpha value is -4.46. The molecule has 14 heteroatoms. The minimum absolute atomic E-state index is 0.0826. The SMILES string of the molecule is COc1cc2c(NS(=O)(=O)c3c(OC)cccc3OC)noc2cc1Nc1cc(C(=O)O)[nH]n1. The maximum atomic E-state index is 13.2. The number of aromatic carboxylic acids is 1. The number of fused-ring (bicyclic) bond motifs is 1. The third-order valence-electron chi connectivity index (χ3n) is 4.75. The van der Waals surface area contributed by atoms with Gasteiger partial charge in [-0.1, -0.05) is 11.2 Å². The van der Waals surface area contributed by atoms with Crippen LogP contribution in [0.25, 0.3) is 11.0 Å². The quantitative estimate of drug-likeness (QED) is 0.272. The van der Waals surface area contributed by atoms with Crippen molar-refractivity contribution in [1.82, 2.24) is 15.4 Å². The van der Waals surface area contributed by atoms with Crippen molar-refractivity contribution in [1.29, 1.82) is 0 Å². The second-order valence-electron chi connectivity index (χ2n) is 6.77. The average Bonchev–Trinajstić information content (AvgIpc) is 3.44. The van der Waals surface area contributed by atoms with Gasteiger partial charge in [-0.05, 0) is 18.2 Å². The van der Waals surface area contributed by atoms with Gasteiger partial charge in [0.25, 0.3) is 10.0 Å². The van der Waals surface area contributed by atoms with E-state index in [4.69, 9.17) is 23.8 Å². The number of carbonyl (C=O) groups is 1. The first-order valence-corrected chi connectivity index (χ1v) is 11.0. The molecular formula is C20H19N5O8S. The first-order chi connectivity index (χ1) is 16.3. The number of H-pyrrole nitrogens is 1. The van der Waals surface area contributed by atoms with Gasteiger partial charge < -0.3 is 29.2 Å². The number of aromatic nitrogens is 3. The number of nitrogens with one attached hydrogen (secondary N) is 3. The van der Waals surface area contributed by atoms with Crippen LogP contribution >= 0.6 is 0 Å². The van der Waals surface area contributed by atoms with E-state index in [0.717, 1.165) is 0 Å². The Kier molecular flexibility index (Phi) is 5.89. The molecular weight excluding hydrogens is 470 g/mol. The summed E-state index contributed by atoms with van der Waals surface area (Å²) in [6.07, 6.45) is 0. The van der Waals surface area contributed by atoms with Gasteiger partial charge in [0.15, 0.2) is 22.1 Å². The molecule has 0 radical (unpaired) electrons. The summed E-state index contributed by atoms with van der Waals surface area (Å²) in [5.41, 5.74) is 0.503. The summed E-state index contributed by atoms with van der Waals surface area (Å²) < 4.78 is 49.8. The highest BCUT2D eigenvalue weighted by Crippen LogP contribution is 2.38. The number of benzene rings is 2. The molecule has 0 aliphatic rings. The van der Waals surface area contributed by atoms with E-state index in [1.807, 2.05) is 0 Å². The van der Waals surface area contributed by atoms with E-state index < -0.39 is 16.0 Å². The summed E-state index contributed by atoms with van der Waals surface area (Å²) in [7, 11) is -0.0898. The first kappa shape index (κ1) is 22.7.